The number of allylic oxidation sites excluding steroid dienone is 2. The van der Waals surface area contributed by atoms with Gasteiger partial charge in [0.05, 0.1) is 5.37 Å². The largest absolute Gasteiger partial charge is 0.369 e. The first kappa shape index (κ1) is 27.6. The molecule has 6 rings (SSSR count). The average Bonchev–Trinajstić information content (AvgIpc) is 3.40. The fraction of sp³-hybridized carbons (Fsp3) is 0.324. The van der Waals surface area contributed by atoms with Gasteiger partial charge in [0.25, 0.3) is 5.91 Å². The standard InChI is InChI=1S/C34H37FN4OS/c1-24-20-29-28-13-12-25(22-32(28)39(34(41)30(29)21-24)23-26-8-5-6-11-31(26)35)33(40)36-14-7-15-37-16-18-38(19-17-37)27-9-3-2-4-10-27/h2-6,8-13,20-22,30,34,41H,7,14-19,23H2,1H3,(H,36,40). The third-order valence-corrected chi connectivity index (χ3v) is 9.03. The maximum Gasteiger partial charge on any atom is 0.251 e. The van der Waals surface area contributed by atoms with Crippen molar-refractivity contribution < 1.29 is 9.18 Å². The number of nitrogens with zero attached hydrogens (tertiary/aromatic N) is 3. The van der Waals surface area contributed by atoms with Gasteiger partial charge in [-0.05, 0) is 55.8 Å². The second kappa shape index (κ2) is 12.1. The van der Waals surface area contributed by atoms with Crippen LogP contribution in [0.2, 0.25) is 0 Å². The van der Waals surface area contributed by atoms with E-state index in [1.165, 1.54) is 22.9 Å². The van der Waals surface area contributed by atoms with Gasteiger partial charge in [-0.3, -0.25) is 9.69 Å². The number of hydrogen-bond donors (Lipinski definition) is 2. The number of rotatable bonds is 8. The van der Waals surface area contributed by atoms with Crippen molar-refractivity contribution in [2.75, 3.05) is 49.1 Å². The SMILES string of the molecule is CC1=CC2C(=C1)c1ccc(C(=O)NCCCN3CCN(c4ccccc4)CC3)cc1N(Cc1ccccc1F)C2S. The number of anilines is 2. The number of hydrogen-bond acceptors (Lipinski definition) is 5. The van der Waals surface area contributed by atoms with Gasteiger partial charge in [0.1, 0.15) is 5.82 Å². The highest BCUT2D eigenvalue weighted by Gasteiger charge is 2.37. The Balaban J connectivity index is 1.09. The Hall–Kier alpha value is -3.55. The number of thiol groups is 1. The Morgan fingerprint density at radius 1 is 1.00 bits per heavy atom. The summed E-state index contributed by atoms with van der Waals surface area (Å²) in [6.45, 7) is 8.17. The molecule has 41 heavy (non-hydrogen) atoms. The van der Waals surface area contributed by atoms with Crippen molar-refractivity contribution in [3.8, 4) is 0 Å². The van der Waals surface area contributed by atoms with Crippen molar-refractivity contribution in [3.05, 3.63) is 113 Å². The molecule has 7 heteroatoms. The molecular weight excluding hydrogens is 531 g/mol. The van der Waals surface area contributed by atoms with Crippen molar-refractivity contribution in [2.24, 2.45) is 5.92 Å². The number of piperazine rings is 1. The number of para-hydroxylation sites is 1. The molecule has 1 amide bonds. The van der Waals surface area contributed by atoms with E-state index in [-0.39, 0.29) is 23.0 Å². The van der Waals surface area contributed by atoms with Crippen LogP contribution in [0.25, 0.3) is 5.57 Å². The molecule has 2 aliphatic heterocycles. The van der Waals surface area contributed by atoms with Gasteiger partial charge >= 0.3 is 0 Å². The molecule has 5 nitrogen and oxygen atoms in total. The van der Waals surface area contributed by atoms with Crippen LogP contribution in [-0.2, 0) is 6.54 Å². The molecule has 3 aliphatic rings. The topological polar surface area (TPSA) is 38.8 Å². The molecule has 0 spiro atoms. The maximum atomic E-state index is 14.6. The van der Waals surface area contributed by atoms with E-state index in [4.69, 9.17) is 12.6 Å². The molecule has 1 saturated heterocycles. The summed E-state index contributed by atoms with van der Waals surface area (Å²) < 4.78 is 14.6. The highest BCUT2D eigenvalue weighted by atomic mass is 32.1. The molecule has 0 aromatic heterocycles. The van der Waals surface area contributed by atoms with E-state index in [9.17, 15) is 9.18 Å². The summed E-state index contributed by atoms with van der Waals surface area (Å²) in [5.74, 6) is -0.198. The first-order valence-electron chi connectivity index (χ1n) is 14.5. The second-order valence-corrected chi connectivity index (χ2v) is 11.7. The lowest BCUT2D eigenvalue weighted by molar-refractivity contribution is 0.0951. The molecule has 1 fully saturated rings. The summed E-state index contributed by atoms with van der Waals surface area (Å²) in [6.07, 6.45) is 5.33. The van der Waals surface area contributed by atoms with E-state index >= 15 is 0 Å². The van der Waals surface area contributed by atoms with E-state index in [1.54, 1.807) is 6.07 Å². The number of benzene rings is 3. The molecule has 2 heterocycles. The highest BCUT2D eigenvalue weighted by molar-refractivity contribution is 7.81. The van der Waals surface area contributed by atoms with Crippen molar-refractivity contribution in [2.45, 2.75) is 25.3 Å². The molecule has 2 unspecified atom stereocenters. The van der Waals surface area contributed by atoms with Crippen molar-refractivity contribution >= 4 is 35.5 Å². The monoisotopic (exact) mass is 568 g/mol. The summed E-state index contributed by atoms with van der Waals surface area (Å²) >= 11 is 5.00. The zero-order valence-electron chi connectivity index (χ0n) is 23.5. The normalized spacial score (nSPS) is 20.3. The minimum absolute atomic E-state index is 0.0833. The van der Waals surface area contributed by atoms with Crippen LogP contribution in [0.5, 0.6) is 0 Å². The Labute approximate surface area is 247 Å². The number of carbonyl (C=O) groups excluding carboxylic acids is 1. The third kappa shape index (κ3) is 5.92. The minimum Gasteiger partial charge on any atom is -0.369 e. The number of amides is 1. The predicted molar refractivity (Wildman–Crippen MR) is 169 cm³/mol. The first-order chi connectivity index (χ1) is 20.0. The summed E-state index contributed by atoms with van der Waals surface area (Å²) in [7, 11) is 0. The zero-order chi connectivity index (χ0) is 28.3. The summed E-state index contributed by atoms with van der Waals surface area (Å²) in [4.78, 5) is 20.2. The van der Waals surface area contributed by atoms with E-state index < -0.39 is 0 Å². The molecule has 3 aromatic carbocycles. The number of fused-ring (bicyclic) bond motifs is 3. The van der Waals surface area contributed by atoms with Crippen LogP contribution in [-0.4, -0.2) is 55.4 Å². The van der Waals surface area contributed by atoms with E-state index in [2.05, 4.69) is 69.4 Å². The Morgan fingerprint density at radius 2 is 1.76 bits per heavy atom. The highest BCUT2D eigenvalue weighted by Crippen LogP contribution is 2.47. The van der Waals surface area contributed by atoms with Crippen molar-refractivity contribution in [1.29, 1.82) is 0 Å². The zero-order valence-corrected chi connectivity index (χ0v) is 24.4. The van der Waals surface area contributed by atoms with Crippen LogP contribution in [0.1, 0.15) is 34.8 Å². The maximum absolute atomic E-state index is 14.6. The van der Waals surface area contributed by atoms with E-state index in [0.717, 1.165) is 50.4 Å². The summed E-state index contributed by atoms with van der Waals surface area (Å²) in [6, 6.07) is 23.3. The van der Waals surface area contributed by atoms with Gasteiger partial charge in [0.2, 0.25) is 0 Å². The first-order valence-corrected chi connectivity index (χ1v) is 15.0. The lowest BCUT2D eigenvalue weighted by Gasteiger charge is -2.41. The minimum atomic E-state index is -0.232. The molecule has 1 N–H and O–H groups in total. The number of carbonyl (C=O) groups is 1. The van der Waals surface area contributed by atoms with Gasteiger partial charge in [-0.15, -0.1) is 0 Å². The summed E-state index contributed by atoms with van der Waals surface area (Å²) in [5.41, 5.74) is 6.92. The Morgan fingerprint density at radius 3 is 2.54 bits per heavy atom. The average molecular weight is 569 g/mol. The van der Waals surface area contributed by atoms with Gasteiger partial charge < -0.3 is 15.1 Å². The molecule has 1 aliphatic carbocycles. The smallest absolute Gasteiger partial charge is 0.251 e. The quantitative estimate of drug-likeness (QED) is 0.258. The van der Waals surface area contributed by atoms with Crippen molar-refractivity contribution in [1.82, 2.24) is 10.2 Å². The lowest BCUT2D eigenvalue weighted by Crippen LogP contribution is -2.47. The van der Waals surface area contributed by atoms with Gasteiger partial charge in [-0.2, -0.15) is 12.6 Å². The second-order valence-electron chi connectivity index (χ2n) is 11.2. The fourth-order valence-corrected chi connectivity index (χ4v) is 6.67. The Bertz CT molecular complexity index is 1460. The Kier molecular flexibility index (Phi) is 8.17. The van der Waals surface area contributed by atoms with E-state index in [1.807, 2.05) is 30.3 Å². The number of nitrogens with one attached hydrogen (secondary N) is 1. The van der Waals surface area contributed by atoms with Crippen LogP contribution in [0.3, 0.4) is 0 Å². The molecule has 2 atom stereocenters. The molecule has 0 bridgehead atoms. The van der Waals surface area contributed by atoms with E-state index in [0.29, 0.717) is 24.2 Å². The van der Waals surface area contributed by atoms with Crippen LogP contribution >= 0.6 is 12.6 Å². The van der Waals surface area contributed by atoms with Crippen LogP contribution in [0.15, 0.2) is 90.5 Å². The summed E-state index contributed by atoms with van der Waals surface area (Å²) in [5, 5.41) is 2.96. The molecular formula is C34H37FN4OS. The lowest BCUT2D eigenvalue weighted by atomic mass is 9.87. The van der Waals surface area contributed by atoms with Gasteiger partial charge in [-0.1, -0.05) is 60.2 Å². The van der Waals surface area contributed by atoms with Crippen LogP contribution < -0.4 is 15.1 Å². The van der Waals surface area contributed by atoms with Gasteiger partial charge in [-0.25, -0.2) is 4.39 Å². The molecule has 0 saturated carbocycles. The number of halogens is 1. The molecule has 3 aromatic rings. The van der Waals surface area contributed by atoms with Crippen molar-refractivity contribution in [3.63, 3.8) is 0 Å². The van der Waals surface area contributed by atoms with Crippen LogP contribution in [0.4, 0.5) is 15.8 Å². The fourth-order valence-electron chi connectivity index (χ4n) is 6.22. The van der Waals surface area contributed by atoms with Gasteiger partial charge in [0, 0.05) is 73.3 Å². The van der Waals surface area contributed by atoms with Gasteiger partial charge in [0.15, 0.2) is 0 Å². The molecule has 212 valence electrons. The molecule has 0 radical (unpaired) electrons. The predicted octanol–water partition coefficient (Wildman–Crippen LogP) is 6.00. The van der Waals surface area contributed by atoms with Crippen LogP contribution in [0, 0.1) is 11.7 Å². The third-order valence-electron chi connectivity index (χ3n) is 8.43.